The fraction of sp³-hybridized carbons (Fsp3) is 0.667. The van der Waals surface area contributed by atoms with Gasteiger partial charge in [-0.05, 0) is 26.3 Å². The number of hydrogen-bond acceptors (Lipinski definition) is 5. The van der Waals surface area contributed by atoms with E-state index in [1.807, 2.05) is 6.92 Å². The zero-order valence-electron chi connectivity index (χ0n) is 10.6. The molecule has 0 bridgehead atoms. The molecule has 1 aromatic rings. The van der Waals surface area contributed by atoms with Crippen molar-refractivity contribution in [2.24, 2.45) is 0 Å². The summed E-state index contributed by atoms with van der Waals surface area (Å²) in [4.78, 5) is 10.7. The molecule has 17 heavy (non-hydrogen) atoms. The van der Waals surface area contributed by atoms with Crippen LogP contribution in [0, 0.1) is 6.92 Å². The average Bonchev–Trinajstić information content (AvgIpc) is 3.13. The highest BCUT2D eigenvalue weighted by Crippen LogP contribution is 2.26. The van der Waals surface area contributed by atoms with Gasteiger partial charge in [0.1, 0.15) is 5.82 Å². The molecule has 1 aliphatic carbocycles. The third kappa shape index (κ3) is 3.30. The molecule has 0 saturated heterocycles. The number of likely N-dealkylation sites (N-methyl/N-ethyl adjacent to an activating group) is 1. The lowest BCUT2D eigenvalue weighted by Crippen LogP contribution is -2.31. The van der Waals surface area contributed by atoms with Gasteiger partial charge >= 0.3 is 0 Å². The van der Waals surface area contributed by atoms with Crippen molar-refractivity contribution >= 4 is 11.8 Å². The van der Waals surface area contributed by atoms with Gasteiger partial charge in [-0.2, -0.15) is 4.98 Å². The maximum Gasteiger partial charge on any atom is 0.221 e. The van der Waals surface area contributed by atoms with E-state index >= 15 is 0 Å². The molecule has 0 atom stereocenters. The maximum atomic E-state index is 5.57. The molecule has 5 nitrogen and oxygen atoms in total. The predicted molar refractivity (Wildman–Crippen MR) is 69.9 cm³/mol. The molecule has 1 fully saturated rings. The van der Waals surface area contributed by atoms with E-state index in [1.54, 1.807) is 6.20 Å². The lowest BCUT2D eigenvalue weighted by Gasteiger charge is -2.20. The minimum absolute atomic E-state index is 0.327. The van der Waals surface area contributed by atoms with Crippen LogP contribution in [0.15, 0.2) is 6.20 Å². The maximum absolute atomic E-state index is 5.57. The summed E-state index contributed by atoms with van der Waals surface area (Å²) < 4.78 is 0. The summed E-state index contributed by atoms with van der Waals surface area (Å²) in [6.07, 6.45) is 4.46. The van der Waals surface area contributed by atoms with Crippen LogP contribution in [0.2, 0.25) is 0 Å². The molecule has 1 aromatic heterocycles. The van der Waals surface area contributed by atoms with E-state index < -0.39 is 0 Å². The van der Waals surface area contributed by atoms with E-state index in [0.29, 0.717) is 5.95 Å². The van der Waals surface area contributed by atoms with Gasteiger partial charge in [0.25, 0.3) is 0 Å². The number of anilines is 2. The Kier molecular flexibility index (Phi) is 3.78. The van der Waals surface area contributed by atoms with Crippen LogP contribution in [0.4, 0.5) is 11.8 Å². The van der Waals surface area contributed by atoms with Crippen LogP contribution >= 0.6 is 0 Å². The fourth-order valence-electron chi connectivity index (χ4n) is 1.99. The summed E-state index contributed by atoms with van der Waals surface area (Å²) in [5.41, 5.74) is 6.61. The molecule has 3 N–H and O–H groups in total. The Morgan fingerprint density at radius 3 is 2.94 bits per heavy atom. The van der Waals surface area contributed by atoms with Crippen molar-refractivity contribution in [1.82, 2.24) is 14.9 Å². The molecular formula is C12H21N5. The van der Waals surface area contributed by atoms with Crippen molar-refractivity contribution in [1.29, 1.82) is 0 Å². The summed E-state index contributed by atoms with van der Waals surface area (Å²) in [6, 6.07) is 0.818. The molecule has 1 aliphatic rings. The minimum atomic E-state index is 0.327. The van der Waals surface area contributed by atoms with Gasteiger partial charge in [-0.1, -0.05) is 6.92 Å². The first-order valence-electron chi connectivity index (χ1n) is 6.27. The number of nitrogen functional groups attached to an aromatic ring is 1. The Bertz CT molecular complexity index is 375. The molecule has 0 radical (unpaired) electrons. The van der Waals surface area contributed by atoms with Crippen molar-refractivity contribution in [3.8, 4) is 0 Å². The van der Waals surface area contributed by atoms with Crippen molar-refractivity contribution in [2.75, 3.05) is 30.7 Å². The number of aromatic nitrogens is 2. The van der Waals surface area contributed by atoms with Crippen LogP contribution < -0.4 is 11.1 Å². The smallest absolute Gasteiger partial charge is 0.221 e. The van der Waals surface area contributed by atoms with E-state index in [1.165, 1.54) is 12.8 Å². The molecule has 94 valence electrons. The van der Waals surface area contributed by atoms with E-state index in [9.17, 15) is 0 Å². The lowest BCUT2D eigenvalue weighted by atomic mass is 10.3. The summed E-state index contributed by atoms with van der Waals surface area (Å²) in [7, 11) is 0. The van der Waals surface area contributed by atoms with Crippen molar-refractivity contribution in [3.05, 3.63) is 11.8 Å². The van der Waals surface area contributed by atoms with Crippen LogP contribution in [0.25, 0.3) is 0 Å². The zero-order chi connectivity index (χ0) is 12.3. The quantitative estimate of drug-likeness (QED) is 0.777. The zero-order valence-corrected chi connectivity index (χ0v) is 10.6. The van der Waals surface area contributed by atoms with Gasteiger partial charge in [-0.15, -0.1) is 0 Å². The third-order valence-electron chi connectivity index (χ3n) is 3.15. The molecule has 0 aliphatic heterocycles. The number of nitrogens with zero attached hydrogens (tertiary/aromatic N) is 3. The van der Waals surface area contributed by atoms with E-state index in [4.69, 9.17) is 5.73 Å². The normalized spacial score (nSPS) is 15.2. The Morgan fingerprint density at radius 2 is 2.29 bits per heavy atom. The fourth-order valence-corrected chi connectivity index (χ4v) is 1.99. The topological polar surface area (TPSA) is 67.1 Å². The van der Waals surface area contributed by atoms with Gasteiger partial charge in [0.05, 0.1) is 0 Å². The molecule has 1 saturated carbocycles. The molecule has 2 rings (SSSR count). The average molecular weight is 235 g/mol. The molecule has 0 unspecified atom stereocenters. The van der Waals surface area contributed by atoms with Gasteiger partial charge in [0.15, 0.2) is 0 Å². The monoisotopic (exact) mass is 235 g/mol. The number of nitrogens with one attached hydrogen (secondary N) is 1. The van der Waals surface area contributed by atoms with Crippen LogP contribution in [-0.2, 0) is 0 Å². The van der Waals surface area contributed by atoms with Crippen molar-refractivity contribution < 1.29 is 0 Å². The lowest BCUT2D eigenvalue weighted by molar-refractivity contribution is 0.289. The van der Waals surface area contributed by atoms with Gasteiger partial charge < -0.3 is 11.1 Å². The molecular weight excluding hydrogens is 214 g/mol. The van der Waals surface area contributed by atoms with Gasteiger partial charge in [0, 0.05) is 30.9 Å². The highest BCUT2D eigenvalue weighted by atomic mass is 15.2. The summed E-state index contributed by atoms with van der Waals surface area (Å²) >= 11 is 0. The first-order chi connectivity index (χ1) is 8.20. The first-order valence-corrected chi connectivity index (χ1v) is 6.27. The van der Waals surface area contributed by atoms with Gasteiger partial charge in [-0.3, -0.25) is 4.90 Å². The number of aryl methyl sites for hydroxylation is 1. The number of rotatable bonds is 6. The van der Waals surface area contributed by atoms with E-state index in [-0.39, 0.29) is 0 Å². The SMILES string of the molecule is CCN(CCNc1nc(N)ncc1C)C1CC1. The van der Waals surface area contributed by atoms with Gasteiger partial charge in [0.2, 0.25) is 5.95 Å². The summed E-state index contributed by atoms with van der Waals surface area (Å²) in [5.74, 6) is 1.18. The summed E-state index contributed by atoms with van der Waals surface area (Å²) in [6.45, 7) is 7.29. The third-order valence-corrected chi connectivity index (χ3v) is 3.15. The molecule has 0 spiro atoms. The second kappa shape index (κ2) is 5.31. The van der Waals surface area contributed by atoms with E-state index in [2.05, 4.69) is 27.1 Å². The largest absolute Gasteiger partial charge is 0.368 e. The van der Waals surface area contributed by atoms with Crippen molar-refractivity contribution in [2.45, 2.75) is 32.7 Å². The first kappa shape index (κ1) is 12.1. The van der Waals surface area contributed by atoms with Crippen LogP contribution in [0.1, 0.15) is 25.3 Å². The Labute approximate surface area is 102 Å². The van der Waals surface area contributed by atoms with Crippen LogP contribution in [-0.4, -0.2) is 40.5 Å². The standard InChI is InChI=1S/C12H21N5/c1-3-17(10-4-5-10)7-6-14-11-9(2)8-15-12(13)16-11/h8,10H,3-7H2,1-2H3,(H3,13,14,15,16). The van der Waals surface area contributed by atoms with Crippen molar-refractivity contribution in [3.63, 3.8) is 0 Å². The predicted octanol–water partition coefficient (Wildman–Crippen LogP) is 1.26. The van der Waals surface area contributed by atoms with Crippen LogP contribution in [0.3, 0.4) is 0 Å². The van der Waals surface area contributed by atoms with Gasteiger partial charge in [-0.25, -0.2) is 4.98 Å². The summed E-state index contributed by atoms with van der Waals surface area (Å²) in [5, 5.41) is 3.33. The highest BCUT2D eigenvalue weighted by Gasteiger charge is 2.27. The molecule has 0 aromatic carbocycles. The minimum Gasteiger partial charge on any atom is -0.368 e. The molecule has 1 heterocycles. The Hall–Kier alpha value is -1.36. The van der Waals surface area contributed by atoms with E-state index in [0.717, 1.165) is 37.1 Å². The molecule has 5 heteroatoms. The Morgan fingerprint density at radius 1 is 1.53 bits per heavy atom. The van der Waals surface area contributed by atoms with Crippen LogP contribution in [0.5, 0.6) is 0 Å². The molecule has 0 amide bonds. The highest BCUT2D eigenvalue weighted by molar-refractivity contribution is 5.44. The second-order valence-electron chi connectivity index (χ2n) is 4.55. The Balaban J connectivity index is 1.82. The second-order valence-corrected chi connectivity index (χ2v) is 4.55. The number of nitrogens with two attached hydrogens (primary N) is 1. The number of hydrogen-bond donors (Lipinski definition) is 2.